The zero-order chi connectivity index (χ0) is 20.0. The Morgan fingerprint density at radius 3 is 2.32 bits per heavy atom. The number of nitrogens with one attached hydrogen (secondary N) is 1. The molecule has 9 heteroatoms. The molecule has 0 spiro atoms. The van der Waals surface area contributed by atoms with E-state index in [1.807, 2.05) is 0 Å². The third-order valence-corrected chi connectivity index (χ3v) is 5.66. The van der Waals surface area contributed by atoms with Gasteiger partial charge in [0.15, 0.2) is 0 Å². The van der Waals surface area contributed by atoms with Crippen LogP contribution in [0, 0.1) is 6.92 Å². The number of halogens is 3. The first-order valence-electron chi connectivity index (χ1n) is 8.74. The summed E-state index contributed by atoms with van der Waals surface area (Å²) in [7, 11) is 0. The number of aromatic nitrogens is 2. The number of hydrogen-bond donors (Lipinski definition) is 3. The fraction of sp³-hybridized carbons (Fsp3) is 0.316. The fourth-order valence-corrected chi connectivity index (χ4v) is 4.44. The fourth-order valence-electron chi connectivity index (χ4n) is 4.44. The van der Waals surface area contributed by atoms with E-state index < -0.39 is 17.3 Å². The Balaban J connectivity index is 1.79. The van der Waals surface area contributed by atoms with E-state index in [-0.39, 0.29) is 40.6 Å². The molecule has 1 aromatic carbocycles. The van der Waals surface area contributed by atoms with Crippen molar-refractivity contribution < 1.29 is 28.1 Å². The van der Waals surface area contributed by atoms with Gasteiger partial charge in [-0.05, 0) is 31.4 Å². The minimum Gasteiger partial charge on any atom is -0.494 e. The number of rotatable bonds is 1. The lowest BCUT2D eigenvalue weighted by Gasteiger charge is -2.16. The number of aromatic amines is 1. The van der Waals surface area contributed by atoms with Crippen molar-refractivity contribution in [3.8, 4) is 17.4 Å². The molecule has 1 fully saturated rings. The Bertz CT molecular complexity index is 1180. The van der Waals surface area contributed by atoms with Crippen LogP contribution in [0.25, 0.3) is 16.6 Å². The van der Waals surface area contributed by atoms with Crippen LogP contribution in [0.1, 0.15) is 47.3 Å². The van der Waals surface area contributed by atoms with Gasteiger partial charge in [0, 0.05) is 11.5 Å². The summed E-state index contributed by atoms with van der Waals surface area (Å²) in [4.78, 5) is 14.3. The van der Waals surface area contributed by atoms with Crippen molar-refractivity contribution in [3.05, 3.63) is 50.8 Å². The van der Waals surface area contributed by atoms with Gasteiger partial charge in [0.05, 0.1) is 40.1 Å². The minimum absolute atomic E-state index is 0.00389. The predicted octanol–water partition coefficient (Wildman–Crippen LogP) is 3.96. The Morgan fingerprint density at radius 2 is 1.75 bits per heavy atom. The average Bonchev–Trinajstić information content (AvgIpc) is 3.29. The molecule has 0 amide bonds. The lowest BCUT2D eigenvalue weighted by atomic mass is 9.95. The van der Waals surface area contributed by atoms with E-state index in [0.717, 1.165) is 12.8 Å². The van der Waals surface area contributed by atoms with Crippen molar-refractivity contribution in [2.24, 2.45) is 0 Å². The van der Waals surface area contributed by atoms with Gasteiger partial charge < -0.3 is 19.9 Å². The normalized spacial score (nSPS) is 20.9. The topological polar surface area (TPSA) is 87.5 Å². The second-order valence-electron chi connectivity index (χ2n) is 7.18. The smallest absolute Gasteiger partial charge is 0.417 e. The standard InChI is InChI=1S/C19H15F3N2O4/c1-7-10(3-2-8-9(19(20,21)22)6-13(25)23-16(7)8)24-17(26)14-11-4-5-12(28-11)15(14)18(24)27/h2-3,6,11-12,26-27H,4-5H2,1H3,(H,23,25)/t11-,12+. The van der Waals surface area contributed by atoms with E-state index in [9.17, 15) is 28.2 Å². The quantitative estimate of drug-likeness (QED) is 0.585. The van der Waals surface area contributed by atoms with Gasteiger partial charge in [0.25, 0.3) is 0 Å². The van der Waals surface area contributed by atoms with Crippen LogP contribution < -0.4 is 5.56 Å². The van der Waals surface area contributed by atoms with Crippen LogP contribution in [0.4, 0.5) is 13.2 Å². The highest BCUT2D eigenvalue weighted by molar-refractivity contribution is 5.88. The Kier molecular flexibility index (Phi) is 3.26. The zero-order valence-electron chi connectivity index (χ0n) is 14.6. The number of aryl methyl sites for hydroxylation is 1. The van der Waals surface area contributed by atoms with Crippen molar-refractivity contribution in [1.29, 1.82) is 0 Å². The first-order valence-corrected chi connectivity index (χ1v) is 8.74. The van der Waals surface area contributed by atoms with E-state index in [1.165, 1.54) is 23.6 Å². The highest BCUT2D eigenvalue weighted by Gasteiger charge is 2.45. The van der Waals surface area contributed by atoms with Gasteiger partial charge >= 0.3 is 6.18 Å². The van der Waals surface area contributed by atoms with Crippen LogP contribution in [-0.2, 0) is 10.9 Å². The number of ether oxygens (including phenoxy) is 1. The van der Waals surface area contributed by atoms with Crippen molar-refractivity contribution in [2.45, 2.75) is 38.1 Å². The molecule has 2 aliphatic rings. The first-order chi connectivity index (χ1) is 13.2. The zero-order valence-corrected chi connectivity index (χ0v) is 14.6. The van der Waals surface area contributed by atoms with Gasteiger partial charge in [-0.1, -0.05) is 6.07 Å². The van der Waals surface area contributed by atoms with Crippen LogP contribution in [-0.4, -0.2) is 19.8 Å². The molecule has 28 heavy (non-hydrogen) atoms. The van der Waals surface area contributed by atoms with Gasteiger partial charge in [-0.2, -0.15) is 13.2 Å². The number of hydrogen-bond acceptors (Lipinski definition) is 4. The lowest BCUT2D eigenvalue weighted by molar-refractivity contribution is -0.136. The molecule has 3 aromatic rings. The number of aromatic hydroxyl groups is 2. The molecule has 2 atom stereocenters. The van der Waals surface area contributed by atoms with Crippen LogP contribution in [0.2, 0.25) is 0 Å². The summed E-state index contributed by atoms with van der Waals surface area (Å²) in [5.41, 5.74) is -0.286. The van der Waals surface area contributed by atoms with E-state index in [4.69, 9.17) is 4.74 Å². The molecular formula is C19H15F3N2O4. The molecule has 3 N–H and O–H groups in total. The third kappa shape index (κ3) is 2.10. The summed E-state index contributed by atoms with van der Waals surface area (Å²) in [5, 5.41) is 21.3. The maximum atomic E-state index is 13.3. The van der Waals surface area contributed by atoms with Crippen LogP contribution in [0.3, 0.4) is 0 Å². The third-order valence-electron chi connectivity index (χ3n) is 5.66. The number of fused-ring (bicyclic) bond motifs is 6. The summed E-state index contributed by atoms with van der Waals surface area (Å²) in [6, 6.07) is 3.14. The lowest BCUT2D eigenvalue weighted by Crippen LogP contribution is -2.15. The molecule has 146 valence electrons. The molecular weight excluding hydrogens is 377 g/mol. The molecule has 2 aromatic heterocycles. The summed E-state index contributed by atoms with van der Waals surface area (Å²) >= 11 is 0. The highest BCUT2D eigenvalue weighted by atomic mass is 19.4. The molecule has 0 saturated carbocycles. The van der Waals surface area contributed by atoms with Gasteiger partial charge in [0.2, 0.25) is 17.3 Å². The minimum atomic E-state index is -4.68. The number of nitrogens with zero attached hydrogens (tertiary/aromatic N) is 1. The predicted molar refractivity (Wildman–Crippen MR) is 92.8 cm³/mol. The van der Waals surface area contributed by atoms with Crippen molar-refractivity contribution in [1.82, 2.24) is 9.55 Å². The van der Waals surface area contributed by atoms with Gasteiger partial charge in [-0.25, -0.2) is 0 Å². The number of H-pyrrole nitrogens is 1. The second kappa shape index (κ2) is 5.32. The molecule has 0 aliphatic carbocycles. The largest absolute Gasteiger partial charge is 0.494 e. The number of alkyl halides is 3. The summed E-state index contributed by atoms with van der Waals surface area (Å²) < 4.78 is 46.9. The first kappa shape index (κ1) is 17.2. The summed E-state index contributed by atoms with van der Waals surface area (Å²) in [6.07, 6.45) is -3.83. The molecule has 2 aliphatic heterocycles. The highest BCUT2D eigenvalue weighted by Crippen LogP contribution is 2.58. The summed E-state index contributed by atoms with van der Waals surface area (Å²) in [5.74, 6) is -0.395. The van der Waals surface area contributed by atoms with E-state index >= 15 is 0 Å². The second-order valence-corrected chi connectivity index (χ2v) is 7.18. The Morgan fingerprint density at radius 1 is 1.14 bits per heavy atom. The van der Waals surface area contributed by atoms with Gasteiger partial charge in [0.1, 0.15) is 0 Å². The number of pyridine rings is 1. The average molecular weight is 392 g/mol. The van der Waals surface area contributed by atoms with Gasteiger partial charge in [-0.3, -0.25) is 9.36 Å². The molecule has 6 nitrogen and oxygen atoms in total. The maximum absolute atomic E-state index is 13.3. The Labute approximate surface area is 155 Å². The van der Waals surface area contributed by atoms with Crippen molar-refractivity contribution in [2.75, 3.05) is 0 Å². The molecule has 4 heterocycles. The maximum Gasteiger partial charge on any atom is 0.417 e. The van der Waals surface area contributed by atoms with E-state index in [0.29, 0.717) is 22.8 Å². The SMILES string of the molecule is Cc1c(-n2c(O)c3c(c2O)[C@H]2CC[C@@H]3O2)ccc2c(C(F)(F)F)cc(=O)[nH]c12. The van der Waals surface area contributed by atoms with Crippen LogP contribution >= 0.6 is 0 Å². The Hall–Kier alpha value is -2.94. The summed E-state index contributed by atoms with van der Waals surface area (Å²) in [6.45, 7) is 1.53. The molecule has 2 bridgehead atoms. The van der Waals surface area contributed by atoms with Crippen LogP contribution in [0.15, 0.2) is 23.0 Å². The van der Waals surface area contributed by atoms with E-state index in [2.05, 4.69) is 4.98 Å². The van der Waals surface area contributed by atoms with Crippen LogP contribution in [0.5, 0.6) is 11.8 Å². The van der Waals surface area contributed by atoms with Crippen molar-refractivity contribution in [3.63, 3.8) is 0 Å². The van der Waals surface area contributed by atoms with E-state index in [1.54, 1.807) is 0 Å². The molecule has 1 saturated heterocycles. The monoisotopic (exact) mass is 392 g/mol. The van der Waals surface area contributed by atoms with Gasteiger partial charge in [-0.15, -0.1) is 0 Å². The van der Waals surface area contributed by atoms with Crippen molar-refractivity contribution >= 4 is 10.9 Å². The molecule has 0 unspecified atom stereocenters. The number of benzene rings is 1. The molecule has 5 rings (SSSR count). The molecule has 0 radical (unpaired) electrons.